The highest BCUT2D eigenvalue weighted by Crippen LogP contribution is 2.31. The molecule has 0 aromatic heterocycles. The average Bonchev–Trinajstić information content (AvgIpc) is 2.65. The number of methoxy groups -OCH3 is 1. The summed E-state index contributed by atoms with van der Waals surface area (Å²) in [5.41, 5.74) is 1.83. The third-order valence-corrected chi connectivity index (χ3v) is 4.53. The van der Waals surface area contributed by atoms with Gasteiger partial charge in [0.25, 0.3) is 0 Å². The van der Waals surface area contributed by atoms with Crippen LogP contribution in [0.25, 0.3) is 16.3 Å². The molecule has 1 heterocycles. The maximum atomic E-state index is 12.4. The number of carbonyl (C=O) groups excluding carboxylic acids is 2. The first kappa shape index (κ1) is 19.0. The summed E-state index contributed by atoms with van der Waals surface area (Å²) in [4.78, 5) is 26.4. The second-order valence-electron chi connectivity index (χ2n) is 7.66. The molecule has 142 valence electrons. The van der Waals surface area contributed by atoms with Crippen LogP contribution in [0.15, 0.2) is 48.0 Å². The highest BCUT2D eigenvalue weighted by atomic mass is 16.6. The van der Waals surface area contributed by atoms with Gasteiger partial charge in [-0.3, -0.25) is 0 Å². The molecule has 5 nitrogen and oxygen atoms in total. The SMILES string of the molecule is COC(=O)C1=C(c2ccc3ccccc3c2)CCN(C(=O)OC(C)(C)C)C1. The molecular weight excluding hydrogens is 342 g/mol. The molecule has 5 heteroatoms. The molecule has 0 saturated heterocycles. The molecule has 1 amide bonds. The zero-order valence-electron chi connectivity index (χ0n) is 16.2. The first-order valence-corrected chi connectivity index (χ1v) is 9.06. The summed E-state index contributed by atoms with van der Waals surface area (Å²) in [6.45, 7) is 6.16. The van der Waals surface area contributed by atoms with Crippen LogP contribution < -0.4 is 0 Å². The number of carbonyl (C=O) groups is 2. The number of hydrogen-bond acceptors (Lipinski definition) is 4. The highest BCUT2D eigenvalue weighted by molar-refractivity contribution is 6.00. The van der Waals surface area contributed by atoms with Crippen molar-refractivity contribution in [2.75, 3.05) is 20.2 Å². The van der Waals surface area contributed by atoms with Gasteiger partial charge in [-0.15, -0.1) is 0 Å². The van der Waals surface area contributed by atoms with E-state index in [0.717, 1.165) is 21.9 Å². The van der Waals surface area contributed by atoms with E-state index in [1.165, 1.54) is 7.11 Å². The summed E-state index contributed by atoms with van der Waals surface area (Å²) in [6, 6.07) is 14.2. The van der Waals surface area contributed by atoms with E-state index in [9.17, 15) is 9.59 Å². The predicted octanol–water partition coefficient (Wildman–Crippen LogP) is 4.41. The summed E-state index contributed by atoms with van der Waals surface area (Å²) < 4.78 is 10.4. The Bertz CT molecular complexity index is 908. The molecule has 0 N–H and O–H groups in total. The molecule has 0 saturated carbocycles. The Hall–Kier alpha value is -2.82. The van der Waals surface area contributed by atoms with Gasteiger partial charge < -0.3 is 14.4 Å². The summed E-state index contributed by atoms with van der Waals surface area (Å²) in [5, 5.41) is 2.26. The fourth-order valence-electron chi connectivity index (χ4n) is 3.25. The molecule has 3 rings (SSSR count). The number of nitrogens with zero attached hydrogens (tertiary/aromatic N) is 1. The molecule has 1 aliphatic rings. The molecule has 1 aliphatic heterocycles. The lowest BCUT2D eigenvalue weighted by Crippen LogP contribution is -2.41. The van der Waals surface area contributed by atoms with Crippen molar-refractivity contribution in [1.82, 2.24) is 4.90 Å². The maximum Gasteiger partial charge on any atom is 0.410 e. The van der Waals surface area contributed by atoms with Crippen molar-refractivity contribution in [3.05, 3.63) is 53.6 Å². The minimum atomic E-state index is -0.579. The van der Waals surface area contributed by atoms with E-state index in [2.05, 4.69) is 12.1 Å². The number of benzene rings is 2. The van der Waals surface area contributed by atoms with Crippen LogP contribution in [0.3, 0.4) is 0 Å². The molecule has 0 fully saturated rings. The second kappa shape index (κ2) is 7.43. The van der Waals surface area contributed by atoms with Gasteiger partial charge in [-0.05, 0) is 55.2 Å². The number of fused-ring (bicyclic) bond motifs is 1. The van der Waals surface area contributed by atoms with E-state index in [4.69, 9.17) is 9.47 Å². The minimum Gasteiger partial charge on any atom is -0.466 e. The molecule has 0 aliphatic carbocycles. The summed E-state index contributed by atoms with van der Waals surface area (Å²) in [6.07, 6.45) is 0.156. The number of amides is 1. The van der Waals surface area contributed by atoms with Crippen molar-refractivity contribution in [3.63, 3.8) is 0 Å². The fraction of sp³-hybridized carbons (Fsp3) is 0.364. The van der Waals surface area contributed by atoms with E-state index in [1.807, 2.05) is 51.1 Å². The zero-order chi connectivity index (χ0) is 19.6. The quantitative estimate of drug-likeness (QED) is 0.738. The molecule has 2 aromatic carbocycles. The van der Waals surface area contributed by atoms with Crippen LogP contribution in [-0.4, -0.2) is 42.8 Å². The average molecular weight is 367 g/mol. The largest absolute Gasteiger partial charge is 0.466 e. The van der Waals surface area contributed by atoms with Gasteiger partial charge >= 0.3 is 12.1 Å². The first-order chi connectivity index (χ1) is 12.8. The lowest BCUT2D eigenvalue weighted by Gasteiger charge is -2.32. The molecular formula is C22H25NO4. The summed E-state index contributed by atoms with van der Waals surface area (Å²) in [5.74, 6) is -0.411. The van der Waals surface area contributed by atoms with E-state index < -0.39 is 17.7 Å². The van der Waals surface area contributed by atoms with Gasteiger partial charge in [0.1, 0.15) is 5.60 Å². The third kappa shape index (κ3) is 4.30. The Kier molecular flexibility index (Phi) is 5.22. The monoisotopic (exact) mass is 367 g/mol. The van der Waals surface area contributed by atoms with Crippen LogP contribution in [-0.2, 0) is 14.3 Å². The van der Waals surface area contributed by atoms with Gasteiger partial charge in [0, 0.05) is 6.54 Å². The van der Waals surface area contributed by atoms with Gasteiger partial charge in [0.05, 0.1) is 19.2 Å². The summed E-state index contributed by atoms with van der Waals surface area (Å²) in [7, 11) is 1.36. The third-order valence-electron chi connectivity index (χ3n) is 4.53. The predicted molar refractivity (Wildman–Crippen MR) is 105 cm³/mol. The zero-order valence-corrected chi connectivity index (χ0v) is 16.2. The van der Waals surface area contributed by atoms with Gasteiger partial charge in [-0.1, -0.05) is 36.4 Å². The Labute approximate surface area is 159 Å². The van der Waals surface area contributed by atoms with Crippen LogP contribution in [0.4, 0.5) is 4.79 Å². The number of rotatable bonds is 2. The van der Waals surface area contributed by atoms with Crippen molar-refractivity contribution in [2.24, 2.45) is 0 Å². The Balaban J connectivity index is 1.95. The van der Waals surface area contributed by atoms with Gasteiger partial charge in [0.2, 0.25) is 0 Å². The molecule has 0 spiro atoms. The van der Waals surface area contributed by atoms with Crippen molar-refractivity contribution < 1.29 is 19.1 Å². The maximum absolute atomic E-state index is 12.4. The van der Waals surface area contributed by atoms with E-state index in [-0.39, 0.29) is 6.54 Å². The lowest BCUT2D eigenvalue weighted by molar-refractivity contribution is -0.136. The topological polar surface area (TPSA) is 55.8 Å². The standard InChI is InChI=1S/C22H25NO4/c1-22(2,3)27-21(25)23-12-11-18(19(14-23)20(24)26-4)17-10-9-15-7-5-6-8-16(15)13-17/h5-10,13H,11-12,14H2,1-4H3. The Morgan fingerprint density at radius 1 is 1.04 bits per heavy atom. The molecule has 0 atom stereocenters. The normalized spacial score (nSPS) is 15.0. The van der Waals surface area contributed by atoms with Gasteiger partial charge in [0.15, 0.2) is 0 Å². The van der Waals surface area contributed by atoms with Crippen molar-refractivity contribution in [1.29, 1.82) is 0 Å². The van der Waals surface area contributed by atoms with E-state index >= 15 is 0 Å². The number of hydrogen-bond donors (Lipinski definition) is 0. The first-order valence-electron chi connectivity index (χ1n) is 9.06. The van der Waals surface area contributed by atoms with Crippen molar-refractivity contribution in [3.8, 4) is 0 Å². The Morgan fingerprint density at radius 3 is 2.41 bits per heavy atom. The molecule has 0 bridgehead atoms. The van der Waals surface area contributed by atoms with Gasteiger partial charge in [-0.25, -0.2) is 9.59 Å². The van der Waals surface area contributed by atoms with Crippen LogP contribution in [0.1, 0.15) is 32.8 Å². The second-order valence-corrected chi connectivity index (χ2v) is 7.66. The van der Waals surface area contributed by atoms with Crippen LogP contribution in [0.5, 0.6) is 0 Å². The molecule has 0 radical (unpaired) electrons. The van der Waals surface area contributed by atoms with Crippen LogP contribution >= 0.6 is 0 Å². The molecule has 2 aromatic rings. The van der Waals surface area contributed by atoms with Crippen molar-refractivity contribution in [2.45, 2.75) is 32.8 Å². The van der Waals surface area contributed by atoms with Crippen molar-refractivity contribution >= 4 is 28.4 Å². The van der Waals surface area contributed by atoms with E-state index in [1.54, 1.807) is 4.90 Å². The Morgan fingerprint density at radius 2 is 1.74 bits per heavy atom. The molecule has 27 heavy (non-hydrogen) atoms. The fourth-order valence-corrected chi connectivity index (χ4v) is 3.25. The number of esters is 1. The number of ether oxygens (including phenoxy) is 2. The van der Waals surface area contributed by atoms with E-state index in [0.29, 0.717) is 18.5 Å². The van der Waals surface area contributed by atoms with Crippen LogP contribution in [0, 0.1) is 0 Å². The smallest absolute Gasteiger partial charge is 0.410 e. The lowest BCUT2D eigenvalue weighted by atomic mass is 9.92. The minimum absolute atomic E-state index is 0.184. The molecule has 0 unspecified atom stereocenters. The van der Waals surface area contributed by atoms with Gasteiger partial charge in [-0.2, -0.15) is 0 Å². The highest BCUT2D eigenvalue weighted by Gasteiger charge is 2.30. The summed E-state index contributed by atoms with van der Waals surface area (Å²) >= 11 is 0. The van der Waals surface area contributed by atoms with Crippen LogP contribution in [0.2, 0.25) is 0 Å².